The maximum atomic E-state index is 9.74. The van der Waals surface area contributed by atoms with Gasteiger partial charge in [-0.3, -0.25) is 0 Å². The first-order valence-corrected chi connectivity index (χ1v) is 6.16. The van der Waals surface area contributed by atoms with Crippen LogP contribution < -0.4 is 0 Å². The first-order chi connectivity index (χ1) is 6.75. The average Bonchev–Trinajstić information content (AvgIpc) is 2.56. The van der Waals surface area contributed by atoms with Crippen molar-refractivity contribution in [2.45, 2.75) is 45.1 Å². The number of nitrogens with zero attached hydrogens (tertiary/aromatic N) is 1. The van der Waals surface area contributed by atoms with Crippen molar-refractivity contribution in [3.8, 4) is 0 Å². The number of piperidine rings is 1. The third-order valence-corrected chi connectivity index (χ3v) is 3.99. The minimum atomic E-state index is -0.00523. The second-order valence-electron chi connectivity index (χ2n) is 5.24. The van der Waals surface area contributed by atoms with Crippen LogP contribution in [0.15, 0.2) is 0 Å². The Labute approximate surface area is 87.3 Å². The highest BCUT2D eigenvalue weighted by Crippen LogP contribution is 2.27. The smallest absolute Gasteiger partial charge is 0.0580 e. The van der Waals surface area contributed by atoms with Gasteiger partial charge in [-0.25, -0.2) is 0 Å². The van der Waals surface area contributed by atoms with Gasteiger partial charge in [0.15, 0.2) is 0 Å². The SMILES string of the molecule is CC1CCN(CC2CCCC2O)CC1. The topological polar surface area (TPSA) is 23.5 Å². The third-order valence-electron chi connectivity index (χ3n) is 3.99. The van der Waals surface area contributed by atoms with E-state index in [9.17, 15) is 5.11 Å². The number of hydrogen-bond acceptors (Lipinski definition) is 2. The predicted octanol–water partition coefficient (Wildman–Crippen LogP) is 1.88. The van der Waals surface area contributed by atoms with Crippen molar-refractivity contribution in [1.29, 1.82) is 0 Å². The molecule has 1 aliphatic heterocycles. The second kappa shape index (κ2) is 4.63. The Kier molecular flexibility index (Phi) is 3.45. The zero-order chi connectivity index (χ0) is 9.97. The molecular formula is C12H23NO. The number of likely N-dealkylation sites (tertiary alicyclic amines) is 1. The molecule has 2 fully saturated rings. The summed E-state index contributed by atoms with van der Waals surface area (Å²) < 4.78 is 0. The van der Waals surface area contributed by atoms with Crippen molar-refractivity contribution in [2.75, 3.05) is 19.6 Å². The molecule has 0 aromatic carbocycles. The molecule has 1 heterocycles. The number of hydrogen-bond donors (Lipinski definition) is 1. The lowest BCUT2D eigenvalue weighted by Crippen LogP contribution is -2.38. The summed E-state index contributed by atoms with van der Waals surface area (Å²) in [6.45, 7) is 6.00. The maximum Gasteiger partial charge on any atom is 0.0580 e. The molecular weight excluding hydrogens is 174 g/mol. The first-order valence-electron chi connectivity index (χ1n) is 6.16. The van der Waals surface area contributed by atoms with Gasteiger partial charge in [-0.1, -0.05) is 13.3 Å². The highest BCUT2D eigenvalue weighted by molar-refractivity contribution is 4.81. The summed E-state index contributed by atoms with van der Waals surface area (Å²) >= 11 is 0. The van der Waals surface area contributed by atoms with E-state index >= 15 is 0 Å². The molecule has 0 bridgehead atoms. The van der Waals surface area contributed by atoms with Crippen molar-refractivity contribution in [1.82, 2.24) is 4.90 Å². The van der Waals surface area contributed by atoms with Crippen LogP contribution in [0.5, 0.6) is 0 Å². The lowest BCUT2D eigenvalue weighted by atomic mass is 9.97. The van der Waals surface area contributed by atoms with Gasteiger partial charge in [0.1, 0.15) is 0 Å². The minimum Gasteiger partial charge on any atom is -0.393 e. The molecule has 0 spiro atoms. The van der Waals surface area contributed by atoms with Crippen LogP contribution in [0.2, 0.25) is 0 Å². The van der Waals surface area contributed by atoms with Gasteiger partial charge in [0.05, 0.1) is 6.10 Å². The van der Waals surface area contributed by atoms with Gasteiger partial charge in [0.2, 0.25) is 0 Å². The summed E-state index contributed by atoms with van der Waals surface area (Å²) in [7, 11) is 0. The molecule has 2 atom stereocenters. The van der Waals surface area contributed by atoms with Crippen molar-refractivity contribution in [2.24, 2.45) is 11.8 Å². The number of aliphatic hydroxyl groups excluding tert-OH is 1. The summed E-state index contributed by atoms with van der Waals surface area (Å²) in [5.41, 5.74) is 0. The number of rotatable bonds is 2. The van der Waals surface area contributed by atoms with Gasteiger partial charge in [-0.2, -0.15) is 0 Å². The normalized spacial score (nSPS) is 36.4. The van der Waals surface area contributed by atoms with Crippen LogP contribution in [0.4, 0.5) is 0 Å². The van der Waals surface area contributed by atoms with E-state index in [0.717, 1.165) is 18.9 Å². The predicted molar refractivity (Wildman–Crippen MR) is 58.2 cm³/mol. The highest BCUT2D eigenvalue weighted by Gasteiger charge is 2.28. The summed E-state index contributed by atoms with van der Waals surface area (Å²) in [4.78, 5) is 2.55. The van der Waals surface area contributed by atoms with Crippen molar-refractivity contribution in [3.05, 3.63) is 0 Å². The fourth-order valence-electron chi connectivity index (χ4n) is 2.81. The lowest BCUT2D eigenvalue weighted by Gasteiger charge is -2.32. The zero-order valence-corrected chi connectivity index (χ0v) is 9.28. The van der Waals surface area contributed by atoms with Crippen LogP contribution in [0, 0.1) is 11.8 Å². The molecule has 0 aromatic rings. The van der Waals surface area contributed by atoms with Gasteiger partial charge in [0, 0.05) is 6.54 Å². The maximum absolute atomic E-state index is 9.74. The summed E-state index contributed by atoms with van der Waals surface area (Å²) in [6.07, 6.45) is 6.21. The van der Waals surface area contributed by atoms with Crippen LogP contribution >= 0.6 is 0 Å². The Morgan fingerprint density at radius 2 is 1.86 bits per heavy atom. The van der Waals surface area contributed by atoms with Crippen LogP contribution in [0.25, 0.3) is 0 Å². The standard InChI is InChI=1S/C12H23NO/c1-10-5-7-13(8-6-10)9-11-3-2-4-12(11)14/h10-12,14H,2-9H2,1H3. The zero-order valence-electron chi connectivity index (χ0n) is 9.28. The van der Waals surface area contributed by atoms with E-state index < -0.39 is 0 Å². The van der Waals surface area contributed by atoms with Crippen LogP contribution in [-0.4, -0.2) is 35.7 Å². The van der Waals surface area contributed by atoms with Crippen LogP contribution in [0.1, 0.15) is 39.0 Å². The van der Waals surface area contributed by atoms with Gasteiger partial charge >= 0.3 is 0 Å². The van der Waals surface area contributed by atoms with E-state index in [4.69, 9.17) is 0 Å². The van der Waals surface area contributed by atoms with E-state index in [2.05, 4.69) is 11.8 Å². The highest BCUT2D eigenvalue weighted by atomic mass is 16.3. The van der Waals surface area contributed by atoms with Gasteiger partial charge < -0.3 is 10.0 Å². The number of aliphatic hydroxyl groups is 1. The monoisotopic (exact) mass is 197 g/mol. The summed E-state index contributed by atoms with van der Waals surface area (Å²) in [5.74, 6) is 1.49. The van der Waals surface area contributed by atoms with E-state index in [1.807, 2.05) is 0 Å². The minimum absolute atomic E-state index is 0.00523. The van der Waals surface area contributed by atoms with Gasteiger partial charge in [-0.15, -0.1) is 0 Å². The Bertz CT molecular complexity index is 175. The Balaban J connectivity index is 1.74. The fraction of sp³-hybridized carbons (Fsp3) is 1.00. The third kappa shape index (κ3) is 2.48. The Hall–Kier alpha value is -0.0800. The second-order valence-corrected chi connectivity index (χ2v) is 5.24. The molecule has 0 amide bonds. The van der Waals surface area contributed by atoms with Crippen LogP contribution in [-0.2, 0) is 0 Å². The molecule has 1 saturated heterocycles. The molecule has 0 radical (unpaired) electrons. The Morgan fingerprint density at radius 3 is 2.43 bits per heavy atom. The molecule has 82 valence electrons. The molecule has 1 N–H and O–H groups in total. The molecule has 2 heteroatoms. The van der Waals surface area contributed by atoms with E-state index in [-0.39, 0.29) is 6.10 Å². The molecule has 2 unspecified atom stereocenters. The molecule has 0 aromatic heterocycles. The molecule has 1 saturated carbocycles. The van der Waals surface area contributed by atoms with E-state index in [1.165, 1.54) is 38.8 Å². The fourth-order valence-corrected chi connectivity index (χ4v) is 2.81. The first kappa shape index (κ1) is 10.4. The largest absolute Gasteiger partial charge is 0.393 e. The Morgan fingerprint density at radius 1 is 1.14 bits per heavy atom. The van der Waals surface area contributed by atoms with Crippen LogP contribution in [0.3, 0.4) is 0 Å². The summed E-state index contributed by atoms with van der Waals surface area (Å²) in [6, 6.07) is 0. The van der Waals surface area contributed by atoms with Crippen molar-refractivity contribution >= 4 is 0 Å². The van der Waals surface area contributed by atoms with E-state index in [0.29, 0.717) is 5.92 Å². The van der Waals surface area contributed by atoms with E-state index in [1.54, 1.807) is 0 Å². The lowest BCUT2D eigenvalue weighted by molar-refractivity contribution is 0.0884. The van der Waals surface area contributed by atoms with Gasteiger partial charge in [0.25, 0.3) is 0 Å². The molecule has 2 aliphatic rings. The molecule has 2 nitrogen and oxygen atoms in total. The van der Waals surface area contributed by atoms with Crippen molar-refractivity contribution in [3.63, 3.8) is 0 Å². The average molecular weight is 197 g/mol. The quantitative estimate of drug-likeness (QED) is 0.730. The summed E-state index contributed by atoms with van der Waals surface area (Å²) in [5, 5.41) is 9.74. The molecule has 1 aliphatic carbocycles. The van der Waals surface area contributed by atoms with Crippen molar-refractivity contribution < 1.29 is 5.11 Å². The molecule has 2 rings (SSSR count). The molecule has 14 heavy (non-hydrogen) atoms. The van der Waals surface area contributed by atoms with Gasteiger partial charge in [-0.05, 0) is 50.6 Å².